The van der Waals surface area contributed by atoms with E-state index in [1.54, 1.807) is 6.07 Å². The van der Waals surface area contributed by atoms with Gasteiger partial charge in [-0.2, -0.15) is 13.2 Å². The molecule has 9 heteroatoms. The Kier molecular flexibility index (Phi) is 5.71. The van der Waals surface area contributed by atoms with E-state index in [1.165, 1.54) is 6.20 Å². The van der Waals surface area contributed by atoms with E-state index in [0.717, 1.165) is 18.9 Å². The molecule has 2 fully saturated rings. The summed E-state index contributed by atoms with van der Waals surface area (Å²) in [5.74, 6) is 0.209. The van der Waals surface area contributed by atoms with Crippen LogP contribution in [0.4, 0.5) is 18.9 Å². The molecule has 1 unspecified atom stereocenters. The van der Waals surface area contributed by atoms with Gasteiger partial charge in [0.05, 0.1) is 12.2 Å². The second-order valence-electron chi connectivity index (χ2n) is 7.20. The van der Waals surface area contributed by atoms with Crippen molar-refractivity contribution >= 4 is 5.69 Å². The average molecular weight is 375 g/mol. The fourth-order valence-electron chi connectivity index (χ4n) is 3.81. The van der Waals surface area contributed by atoms with Crippen molar-refractivity contribution in [1.82, 2.24) is 9.88 Å². The first-order chi connectivity index (χ1) is 12.2. The molecule has 1 aromatic rings. The SMILES string of the molecule is OC1[C@H](O)CN(C[C@@H]2CCCN(c3ccnc(C(F)(F)F)c3)C2)C[C@@H]1O. The largest absolute Gasteiger partial charge is 0.433 e. The first kappa shape index (κ1) is 19.3. The van der Waals surface area contributed by atoms with Gasteiger partial charge in [-0.3, -0.25) is 9.88 Å². The van der Waals surface area contributed by atoms with Gasteiger partial charge in [0.15, 0.2) is 0 Å². The molecular weight excluding hydrogens is 351 g/mol. The van der Waals surface area contributed by atoms with E-state index in [-0.39, 0.29) is 19.0 Å². The number of piperidine rings is 2. The van der Waals surface area contributed by atoms with Crippen LogP contribution in [0.2, 0.25) is 0 Å². The molecule has 0 bridgehead atoms. The van der Waals surface area contributed by atoms with Crippen LogP contribution < -0.4 is 4.90 Å². The third-order valence-electron chi connectivity index (χ3n) is 5.11. The van der Waals surface area contributed by atoms with E-state index in [2.05, 4.69) is 4.98 Å². The molecule has 1 aromatic heterocycles. The number of aliphatic hydroxyl groups excluding tert-OH is 3. The monoisotopic (exact) mass is 375 g/mol. The molecule has 0 aliphatic carbocycles. The fraction of sp³-hybridized carbons (Fsp3) is 0.706. The Morgan fingerprint density at radius 3 is 2.46 bits per heavy atom. The molecule has 0 aromatic carbocycles. The minimum Gasteiger partial charge on any atom is -0.389 e. The zero-order valence-corrected chi connectivity index (χ0v) is 14.3. The number of pyridine rings is 1. The first-order valence-corrected chi connectivity index (χ1v) is 8.79. The summed E-state index contributed by atoms with van der Waals surface area (Å²) in [6.07, 6.45) is -4.62. The van der Waals surface area contributed by atoms with Crippen LogP contribution in [0.25, 0.3) is 0 Å². The minimum absolute atomic E-state index is 0.209. The number of nitrogens with zero attached hydrogens (tertiary/aromatic N) is 3. The van der Waals surface area contributed by atoms with E-state index >= 15 is 0 Å². The van der Waals surface area contributed by atoms with Crippen molar-refractivity contribution in [3.05, 3.63) is 24.0 Å². The van der Waals surface area contributed by atoms with Crippen molar-refractivity contribution in [3.8, 4) is 0 Å². The number of anilines is 1. The quantitative estimate of drug-likeness (QED) is 0.722. The standard InChI is InChI=1S/C17H24F3N3O3/c18-17(19,20)15-6-12(3-4-21-15)23-5-1-2-11(8-23)7-22-9-13(24)16(26)14(25)10-22/h3-4,6,11,13-14,16,24-26H,1-2,5,7-10H2/t11-,13-,14+,16?/m0/s1. The Hall–Kier alpha value is -1.42. The second kappa shape index (κ2) is 7.67. The number of β-amino-alcohol motifs (C(OH)–C–C–N with tert-alkyl or cyclic N) is 2. The highest BCUT2D eigenvalue weighted by Gasteiger charge is 2.35. The van der Waals surface area contributed by atoms with Gasteiger partial charge in [-0.05, 0) is 30.9 Å². The van der Waals surface area contributed by atoms with E-state index in [1.807, 2.05) is 9.80 Å². The summed E-state index contributed by atoms with van der Waals surface area (Å²) >= 11 is 0. The maximum atomic E-state index is 12.9. The van der Waals surface area contributed by atoms with Crippen molar-refractivity contribution < 1.29 is 28.5 Å². The van der Waals surface area contributed by atoms with Gasteiger partial charge in [0, 0.05) is 44.6 Å². The van der Waals surface area contributed by atoms with Gasteiger partial charge < -0.3 is 20.2 Å². The van der Waals surface area contributed by atoms with Crippen molar-refractivity contribution in [2.75, 3.05) is 37.6 Å². The lowest BCUT2D eigenvalue weighted by atomic mass is 9.94. The third kappa shape index (κ3) is 4.46. The van der Waals surface area contributed by atoms with Gasteiger partial charge in [-0.1, -0.05) is 0 Å². The maximum absolute atomic E-state index is 12.9. The predicted octanol–water partition coefficient (Wildman–Crippen LogP) is 0.715. The number of likely N-dealkylation sites (tertiary alicyclic amines) is 1. The smallest absolute Gasteiger partial charge is 0.389 e. The Balaban J connectivity index is 1.63. The molecule has 4 atom stereocenters. The van der Waals surface area contributed by atoms with Gasteiger partial charge in [-0.15, -0.1) is 0 Å². The summed E-state index contributed by atoms with van der Waals surface area (Å²) in [6.45, 7) is 2.47. The molecule has 0 spiro atoms. The van der Waals surface area contributed by atoms with Gasteiger partial charge in [0.25, 0.3) is 0 Å². The van der Waals surface area contributed by atoms with Gasteiger partial charge in [0.1, 0.15) is 11.8 Å². The highest BCUT2D eigenvalue weighted by molar-refractivity contribution is 5.47. The molecule has 0 amide bonds. The number of rotatable bonds is 3. The van der Waals surface area contributed by atoms with E-state index < -0.39 is 30.2 Å². The lowest BCUT2D eigenvalue weighted by molar-refractivity contribution is -0.141. The lowest BCUT2D eigenvalue weighted by Gasteiger charge is -2.41. The van der Waals surface area contributed by atoms with Crippen LogP contribution in [-0.2, 0) is 6.18 Å². The van der Waals surface area contributed by atoms with Crippen LogP contribution in [0, 0.1) is 5.92 Å². The number of hydrogen-bond acceptors (Lipinski definition) is 6. The molecule has 6 nitrogen and oxygen atoms in total. The minimum atomic E-state index is -4.47. The molecular formula is C17H24F3N3O3. The van der Waals surface area contributed by atoms with Gasteiger partial charge in [0.2, 0.25) is 0 Å². The summed E-state index contributed by atoms with van der Waals surface area (Å²) in [4.78, 5) is 7.24. The van der Waals surface area contributed by atoms with E-state index in [0.29, 0.717) is 25.3 Å². The van der Waals surface area contributed by atoms with Crippen LogP contribution in [0.15, 0.2) is 18.3 Å². The van der Waals surface area contributed by atoms with Crippen molar-refractivity contribution in [3.63, 3.8) is 0 Å². The molecule has 0 radical (unpaired) electrons. The van der Waals surface area contributed by atoms with Crippen LogP contribution >= 0.6 is 0 Å². The first-order valence-electron chi connectivity index (χ1n) is 8.79. The van der Waals surface area contributed by atoms with Gasteiger partial charge in [-0.25, -0.2) is 0 Å². The fourth-order valence-corrected chi connectivity index (χ4v) is 3.81. The molecule has 0 saturated carbocycles. The molecule has 26 heavy (non-hydrogen) atoms. The molecule has 2 saturated heterocycles. The Labute approximate surface area is 149 Å². The number of aromatic nitrogens is 1. The Bertz CT molecular complexity index is 604. The number of alkyl halides is 3. The maximum Gasteiger partial charge on any atom is 0.433 e. The summed E-state index contributed by atoms with van der Waals surface area (Å²) < 4.78 is 38.6. The number of halogens is 3. The van der Waals surface area contributed by atoms with Crippen molar-refractivity contribution in [1.29, 1.82) is 0 Å². The topological polar surface area (TPSA) is 80.1 Å². The Morgan fingerprint density at radius 1 is 1.12 bits per heavy atom. The van der Waals surface area contributed by atoms with Crippen molar-refractivity contribution in [2.45, 2.75) is 37.3 Å². The molecule has 146 valence electrons. The predicted molar refractivity (Wildman–Crippen MR) is 88.6 cm³/mol. The number of aliphatic hydroxyl groups is 3. The van der Waals surface area contributed by atoms with Crippen LogP contribution in [0.5, 0.6) is 0 Å². The molecule has 3 rings (SSSR count). The molecule has 2 aliphatic heterocycles. The van der Waals surface area contributed by atoms with E-state index in [4.69, 9.17) is 0 Å². The third-order valence-corrected chi connectivity index (χ3v) is 5.11. The summed E-state index contributed by atoms with van der Waals surface area (Å²) in [5.41, 5.74) is -0.389. The average Bonchev–Trinajstić information content (AvgIpc) is 2.59. The van der Waals surface area contributed by atoms with Crippen LogP contribution in [0.3, 0.4) is 0 Å². The Morgan fingerprint density at radius 2 is 1.81 bits per heavy atom. The summed E-state index contributed by atoms with van der Waals surface area (Å²) in [5, 5.41) is 29.2. The lowest BCUT2D eigenvalue weighted by Crippen LogP contribution is -2.56. The normalized spacial score (nSPS) is 31.2. The van der Waals surface area contributed by atoms with E-state index in [9.17, 15) is 28.5 Å². The highest BCUT2D eigenvalue weighted by atomic mass is 19.4. The number of hydrogen-bond donors (Lipinski definition) is 3. The van der Waals surface area contributed by atoms with Crippen molar-refractivity contribution in [2.24, 2.45) is 5.92 Å². The highest BCUT2D eigenvalue weighted by Crippen LogP contribution is 2.31. The zero-order valence-electron chi connectivity index (χ0n) is 14.3. The molecule has 3 N–H and O–H groups in total. The van der Waals surface area contributed by atoms with Gasteiger partial charge >= 0.3 is 6.18 Å². The summed E-state index contributed by atoms with van der Waals surface area (Å²) in [6, 6.07) is 2.66. The van der Waals surface area contributed by atoms with Crippen LogP contribution in [0.1, 0.15) is 18.5 Å². The summed E-state index contributed by atoms with van der Waals surface area (Å²) in [7, 11) is 0. The zero-order chi connectivity index (χ0) is 18.9. The molecule has 3 heterocycles. The second-order valence-corrected chi connectivity index (χ2v) is 7.20. The molecule has 2 aliphatic rings. The van der Waals surface area contributed by atoms with Crippen LogP contribution in [-0.4, -0.2) is 76.2 Å².